The second-order valence-corrected chi connectivity index (χ2v) is 5.64. The molecule has 0 atom stereocenters. The second kappa shape index (κ2) is 4.60. The van der Waals surface area contributed by atoms with Crippen molar-refractivity contribution in [3.05, 3.63) is 23.5 Å². The molecule has 6 heteroatoms. The fraction of sp³-hybridized carbons (Fsp3) is 0.538. The van der Waals surface area contributed by atoms with Gasteiger partial charge in [0.1, 0.15) is 11.8 Å². The summed E-state index contributed by atoms with van der Waals surface area (Å²) in [6.45, 7) is 8.20. The molecule has 1 aromatic heterocycles. The number of hydrogen-bond donors (Lipinski definition) is 1. The molecule has 0 aromatic carbocycles. The van der Waals surface area contributed by atoms with Gasteiger partial charge in [0, 0.05) is 12.0 Å². The highest BCUT2D eigenvalue weighted by Crippen LogP contribution is 2.36. The number of hydrogen-bond acceptors (Lipinski definition) is 5. The van der Waals surface area contributed by atoms with Crippen LogP contribution < -0.4 is 11.2 Å². The number of rotatable bonds is 2. The zero-order chi connectivity index (χ0) is 14.3. The van der Waals surface area contributed by atoms with E-state index in [1.807, 2.05) is 27.7 Å². The van der Waals surface area contributed by atoms with Crippen LogP contribution in [-0.2, 0) is 15.9 Å². The molecule has 0 bridgehead atoms. The molecule has 0 unspecified atom stereocenters. The molecule has 0 radical (unpaired) electrons. The molecule has 1 aliphatic rings. The lowest BCUT2D eigenvalue weighted by molar-refractivity contribution is 0.00578. The molecule has 5 nitrogen and oxygen atoms in total. The third-order valence-corrected chi connectivity index (χ3v) is 3.81. The molecule has 2 heterocycles. The van der Waals surface area contributed by atoms with Crippen molar-refractivity contribution in [3.8, 4) is 6.07 Å². The maximum atomic E-state index is 9.19. The van der Waals surface area contributed by atoms with Gasteiger partial charge in [-0.1, -0.05) is 6.07 Å². The van der Waals surface area contributed by atoms with Gasteiger partial charge in [-0.05, 0) is 33.8 Å². The van der Waals surface area contributed by atoms with Crippen molar-refractivity contribution in [2.45, 2.75) is 45.4 Å². The summed E-state index contributed by atoms with van der Waals surface area (Å²) in [5.41, 5.74) is 6.30. The third kappa shape index (κ3) is 2.37. The molecule has 19 heavy (non-hydrogen) atoms. The van der Waals surface area contributed by atoms with E-state index in [1.54, 1.807) is 12.1 Å². The van der Waals surface area contributed by atoms with Crippen LogP contribution in [0.4, 0.5) is 0 Å². The van der Waals surface area contributed by atoms with Crippen LogP contribution in [0.2, 0.25) is 0 Å². The largest absolute Gasteiger partial charge is 0.497 e. The maximum Gasteiger partial charge on any atom is 0.497 e. The van der Waals surface area contributed by atoms with Gasteiger partial charge in [-0.15, -0.1) is 0 Å². The predicted octanol–water partition coefficient (Wildman–Crippen LogP) is 0.711. The average molecular weight is 259 g/mol. The first kappa shape index (κ1) is 14.0. The first-order chi connectivity index (χ1) is 8.80. The minimum absolute atomic E-state index is 0.304. The summed E-state index contributed by atoms with van der Waals surface area (Å²) in [6, 6.07) is 5.67. The number of aromatic nitrogens is 1. The minimum atomic E-state index is -0.570. The van der Waals surface area contributed by atoms with E-state index in [4.69, 9.17) is 15.0 Å². The Bertz CT molecular complexity index is 521. The van der Waals surface area contributed by atoms with Gasteiger partial charge in [0.25, 0.3) is 0 Å². The molecule has 0 amide bonds. The van der Waals surface area contributed by atoms with E-state index in [2.05, 4.69) is 11.1 Å². The molecule has 0 spiro atoms. The summed E-state index contributed by atoms with van der Waals surface area (Å²) in [7, 11) is -0.570. The normalized spacial score (nSPS) is 20.3. The average Bonchev–Trinajstić information content (AvgIpc) is 2.57. The van der Waals surface area contributed by atoms with Crippen LogP contribution in [0, 0.1) is 11.3 Å². The molecule has 1 saturated heterocycles. The Morgan fingerprint density at radius 1 is 1.26 bits per heavy atom. The van der Waals surface area contributed by atoms with Gasteiger partial charge in [0.05, 0.1) is 16.9 Å². The van der Waals surface area contributed by atoms with Crippen LogP contribution in [0.5, 0.6) is 0 Å². The summed E-state index contributed by atoms with van der Waals surface area (Å²) in [6.07, 6.45) is 0. The Morgan fingerprint density at radius 3 is 2.32 bits per heavy atom. The van der Waals surface area contributed by atoms with Crippen LogP contribution in [0.25, 0.3) is 0 Å². The standard InChI is InChI=1S/C13H18BN3O2/c1-12(2)13(3,4)19-14(18-12)10-6-5-9(7-15)17-11(10)8-16/h5-6H,7,15H2,1-4H3. The summed E-state index contributed by atoms with van der Waals surface area (Å²) >= 11 is 0. The highest BCUT2D eigenvalue weighted by atomic mass is 16.7. The highest BCUT2D eigenvalue weighted by Gasteiger charge is 2.52. The second-order valence-electron chi connectivity index (χ2n) is 5.64. The predicted molar refractivity (Wildman–Crippen MR) is 72.6 cm³/mol. The van der Waals surface area contributed by atoms with E-state index in [9.17, 15) is 5.26 Å². The van der Waals surface area contributed by atoms with Crippen molar-refractivity contribution < 1.29 is 9.31 Å². The Kier molecular flexibility index (Phi) is 3.39. The van der Waals surface area contributed by atoms with Crippen molar-refractivity contribution >= 4 is 12.6 Å². The Morgan fingerprint density at radius 2 is 1.84 bits per heavy atom. The topological polar surface area (TPSA) is 81.2 Å². The Balaban J connectivity index is 2.37. The summed E-state index contributed by atoms with van der Waals surface area (Å²) in [4.78, 5) is 4.20. The van der Waals surface area contributed by atoms with E-state index in [-0.39, 0.29) is 0 Å². The Labute approximate surface area is 113 Å². The van der Waals surface area contributed by atoms with E-state index in [1.165, 1.54) is 0 Å². The third-order valence-electron chi connectivity index (χ3n) is 3.81. The van der Waals surface area contributed by atoms with Crippen molar-refractivity contribution in [2.24, 2.45) is 5.73 Å². The van der Waals surface area contributed by atoms with Crippen LogP contribution in [0.1, 0.15) is 39.1 Å². The van der Waals surface area contributed by atoms with Gasteiger partial charge in [-0.25, -0.2) is 4.98 Å². The molecular formula is C13H18BN3O2. The molecule has 0 aliphatic carbocycles. The molecule has 100 valence electrons. The van der Waals surface area contributed by atoms with Crippen molar-refractivity contribution in [1.82, 2.24) is 4.98 Å². The number of nitrogens with two attached hydrogens (primary N) is 1. The van der Waals surface area contributed by atoms with E-state index >= 15 is 0 Å². The zero-order valence-electron chi connectivity index (χ0n) is 11.7. The summed E-state index contributed by atoms with van der Waals surface area (Å²) < 4.78 is 11.8. The first-order valence-corrected chi connectivity index (χ1v) is 6.26. The molecule has 0 saturated carbocycles. The highest BCUT2D eigenvalue weighted by molar-refractivity contribution is 6.62. The molecular weight excluding hydrogens is 241 g/mol. The fourth-order valence-electron chi connectivity index (χ4n) is 1.87. The van der Waals surface area contributed by atoms with Crippen molar-refractivity contribution in [2.75, 3.05) is 0 Å². The van der Waals surface area contributed by atoms with Crippen LogP contribution in [-0.4, -0.2) is 23.3 Å². The van der Waals surface area contributed by atoms with E-state index in [0.29, 0.717) is 23.4 Å². The monoisotopic (exact) mass is 259 g/mol. The lowest BCUT2D eigenvalue weighted by atomic mass is 9.78. The van der Waals surface area contributed by atoms with E-state index < -0.39 is 18.3 Å². The van der Waals surface area contributed by atoms with Gasteiger partial charge in [0.2, 0.25) is 0 Å². The fourth-order valence-corrected chi connectivity index (χ4v) is 1.87. The number of pyridine rings is 1. The molecule has 1 fully saturated rings. The van der Waals surface area contributed by atoms with Crippen LogP contribution in [0.3, 0.4) is 0 Å². The van der Waals surface area contributed by atoms with Crippen molar-refractivity contribution in [3.63, 3.8) is 0 Å². The minimum Gasteiger partial charge on any atom is -0.399 e. The Hall–Kier alpha value is -1.42. The summed E-state index contributed by atoms with van der Waals surface area (Å²) in [5.74, 6) is 0. The molecule has 2 N–H and O–H groups in total. The van der Waals surface area contributed by atoms with Gasteiger partial charge in [-0.3, -0.25) is 0 Å². The zero-order valence-corrected chi connectivity index (χ0v) is 11.7. The number of nitriles is 1. The summed E-state index contributed by atoms with van der Waals surface area (Å²) in [5, 5.41) is 9.19. The SMILES string of the molecule is CC1(C)OB(c2ccc(CN)nc2C#N)OC1(C)C. The molecule has 1 aliphatic heterocycles. The van der Waals surface area contributed by atoms with Crippen LogP contribution >= 0.6 is 0 Å². The van der Waals surface area contributed by atoms with Crippen LogP contribution in [0.15, 0.2) is 12.1 Å². The first-order valence-electron chi connectivity index (χ1n) is 6.26. The molecule has 2 rings (SSSR count). The smallest absolute Gasteiger partial charge is 0.399 e. The van der Waals surface area contributed by atoms with Gasteiger partial charge < -0.3 is 15.0 Å². The molecule has 1 aromatic rings. The van der Waals surface area contributed by atoms with E-state index in [0.717, 1.165) is 0 Å². The van der Waals surface area contributed by atoms with Crippen molar-refractivity contribution in [1.29, 1.82) is 5.26 Å². The van der Waals surface area contributed by atoms with Gasteiger partial charge >= 0.3 is 7.12 Å². The number of nitrogens with zero attached hydrogens (tertiary/aromatic N) is 2. The lowest BCUT2D eigenvalue weighted by Crippen LogP contribution is -2.41. The van der Waals surface area contributed by atoms with Gasteiger partial charge in [-0.2, -0.15) is 5.26 Å². The van der Waals surface area contributed by atoms with Gasteiger partial charge in [0.15, 0.2) is 0 Å². The lowest BCUT2D eigenvalue weighted by Gasteiger charge is -2.32. The quantitative estimate of drug-likeness (QED) is 0.791. The maximum absolute atomic E-state index is 9.19.